The Morgan fingerprint density at radius 3 is 0.690 bits per heavy atom. The highest BCUT2D eigenvalue weighted by molar-refractivity contribution is 5.87. The molecule has 0 aromatic heterocycles. The topological polar surface area (TPSA) is 26.3 Å². The van der Waals surface area contributed by atoms with Crippen molar-refractivity contribution in [3.8, 4) is 0 Å². The molecule has 0 aliphatic heterocycles. The molecular weight excluding hydrogens is 949 g/mol. The summed E-state index contributed by atoms with van der Waals surface area (Å²) in [6, 6.07) is 0. The van der Waals surface area contributed by atoms with Crippen molar-refractivity contribution in [2.24, 2.45) is 0 Å². The lowest BCUT2D eigenvalue weighted by Crippen LogP contribution is -2.82. The van der Waals surface area contributed by atoms with Crippen molar-refractivity contribution in [3.05, 3.63) is 12.2 Å². The lowest BCUT2D eigenvalue weighted by atomic mass is 9.80. The van der Waals surface area contributed by atoms with Gasteiger partial charge in [0.15, 0.2) is 0 Å². The zero-order chi connectivity index (χ0) is 48.4. The minimum atomic E-state index is -10.4. The minimum Gasteiger partial charge on any atom is -0.413 e. The average Bonchev–Trinajstić information content (AvgIpc) is 2.97. The maximum atomic E-state index is 15.2. The predicted molar refractivity (Wildman–Crippen MR) is 106 cm³/mol. The third kappa shape index (κ3) is 6.30. The van der Waals surface area contributed by atoms with Crippen molar-refractivity contribution in [3.63, 3.8) is 0 Å². The summed E-state index contributed by atoms with van der Waals surface area (Å²) in [5.41, 5.74) is -11.9. The maximum absolute atomic E-state index is 15.2. The van der Waals surface area contributed by atoms with Gasteiger partial charge in [-0.2, -0.15) is 149 Å². The van der Waals surface area contributed by atoms with E-state index in [1.807, 2.05) is 6.58 Å². The van der Waals surface area contributed by atoms with Crippen LogP contribution in [-0.2, 0) is 9.53 Å². The van der Waals surface area contributed by atoms with Crippen LogP contribution in [0.15, 0.2) is 12.2 Å². The molecule has 0 saturated heterocycles. The summed E-state index contributed by atoms with van der Waals surface area (Å²) in [5, 5.41) is 0. The number of rotatable bonds is 15. The summed E-state index contributed by atoms with van der Waals surface area (Å²) in [6.45, 7) is 1.48. The van der Waals surface area contributed by atoms with E-state index in [0.717, 1.165) is 0 Å². The Bertz CT molecular complexity index is 1540. The molecule has 0 rings (SSSR count). The second kappa shape index (κ2) is 13.4. The summed E-state index contributed by atoms with van der Waals surface area (Å²) >= 11 is 0. The van der Waals surface area contributed by atoms with Crippen LogP contribution in [0.2, 0.25) is 0 Å². The van der Waals surface area contributed by atoms with Crippen molar-refractivity contribution in [1.29, 1.82) is 0 Å². The Kier molecular flexibility index (Phi) is 12.6. The van der Waals surface area contributed by atoms with Crippen LogP contribution in [0, 0.1) is 0 Å². The number of ether oxygens (including phenoxy) is 1. The number of hydrogen-bond donors (Lipinski definition) is 0. The fourth-order valence-corrected chi connectivity index (χ4v) is 3.43. The third-order valence-corrected chi connectivity index (χ3v) is 6.90. The van der Waals surface area contributed by atoms with Crippen molar-refractivity contribution < 1.29 is 163 Å². The van der Waals surface area contributed by atoms with Gasteiger partial charge in [-0.3, -0.25) is 0 Å². The van der Waals surface area contributed by atoms with Gasteiger partial charge in [0.25, 0.3) is 0 Å². The molecule has 0 spiro atoms. The lowest BCUT2D eigenvalue weighted by molar-refractivity contribution is -0.501. The Morgan fingerprint density at radius 1 is 0.310 bits per heavy atom. The number of carbonyl (C=O) groups is 1. The van der Waals surface area contributed by atoms with Crippen LogP contribution >= 0.6 is 0 Å². The van der Waals surface area contributed by atoms with Crippen LogP contribution in [-0.4, -0.2) is 107 Å². The first-order valence-corrected chi connectivity index (χ1v) is 12.3. The van der Waals surface area contributed by atoms with E-state index in [0.29, 0.717) is 0 Å². The van der Waals surface area contributed by atoms with E-state index in [4.69, 9.17) is 0 Å². The van der Waals surface area contributed by atoms with Gasteiger partial charge in [0.2, 0.25) is 0 Å². The van der Waals surface area contributed by atoms with Gasteiger partial charge in [-0.15, -0.1) is 0 Å². The highest BCUT2D eigenvalue weighted by atomic mass is 19.5. The molecule has 0 radical (unpaired) electrons. The van der Waals surface area contributed by atoms with Crippen molar-refractivity contribution in [2.75, 3.05) is 0 Å². The van der Waals surface area contributed by atoms with E-state index in [1.54, 1.807) is 4.74 Å². The first kappa shape index (κ1) is 54.8. The van der Waals surface area contributed by atoms with Gasteiger partial charge >= 0.3 is 107 Å². The maximum Gasteiger partial charge on any atom is 0.460 e. The standard InChI is InChI=1S/C21H5F35O2/c1-3(2)4(57)58-18(47,15(41,42)6(23,24)5(22,19(48,49)50)20(51,52)53)16(43,44)13(37,38)11(33,34)9(29,30)7(25,26)8(27,28)10(31,32)12(35,36)14(39,40)17(45,46)21(54,55)56/h1H2,2H3. The molecule has 37 heteroatoms. The van der Waals surface area contributed by atoms with E-state index in [1.165, 1.54) is 0 Å². The van der Waals surface area contributed by atoms with Crippen molar-refractivity contribution in [1.82, 2.24) is 0 Å². The van der Waals surface area contributed by atoms with Crippen molar-refractivity contribution >= 4 is 5.97 Å². The van der Waals surface area contributed by atoms with E-state index in [-0.39, 0.29) is 0 Å². The zero-order valence-corrected chi connectivity index (χ0v) is 25.3. The lowest BCUT2D eigenvalue weighted by Gasteiger charge is -2.48. The fraction of sp³-hybridized carbons (Fsp3) is 0.857. The van der Waals surface area contributed by atoms with E-state index < -0.39 is 120 Å². The first-order chi connectivity index (χ1) is 24.3. The number of halogens is 35. The zero-order valence-electron chi connectivity index (χ0n) is 25.3. The first-order valence-electron chi connectivity index (χ1n) is 12.3. The monoisotopic (exact) mass is 954 g/mol. The van der Waals surface area contributed by atoms with Crippen LogP contribution in [0.5, 0.6) is 0 Å². The second-order valence-electron chi connectivity index (χ2n) is 10.8. The fourth-order valence-electron chi connectivity index (χ4n) is 3.43. The highest BCUT2D eigenvalue weighted by Crippen LogP contribution is 2.70. The van der Waals surface area contributed by atoms with E-state index in [2.05, 4.69) is 0 Å². The predicted octanol–water partition coefficient (Wildman–Crippen LogP) is 11.8. The Labute approximate surface area is 290 Å². The van der Waals surface area contributed by atoms with E-state index >= 15 is 4.39 Å². The normalized spacial score (nSPS) is 17.6. The molecule has 1 unspecified atom stereocenters. The molecule has 0 aromatic rings. The van der Waals surface area contributed by atoms with Gasteiger partial charge in [0.05, 0.1) is 0 Å². The van der Waals surface area contributed by atoms with Gasteiger partial charge in [-0.25, -0.2) is 9.18 Å². The van der Waals surface area contributed by atoms with Crippen molar-refractivity contribution in [2.45, 2.75) is 108 Å². The van der Waals surface area contributed by atoms with Gasteiger partial charge < -0.3 is 4.74 Å². The number of hydrogen-bond acceptors (Lipinski definition) is 2. The number of esters is 1. The largest absolute Gasteiger partial charge is 0.460 e. The molecule has 0 fully saturated rings. The smallest absolute Gasteiger partial charge is 0.413 e. The van der Waals surface area contributed by atoms with Crippen LogP contribution < -0.4 is 0 Å². The van der Waals surface area contributed by atoms with Crippen LogP contribution in [0.4, 0.5) is 154 Å². The molecule has 58 heavy (non-hydrogen) atoms. The van der Waals surface area contributed by atoms with Gasteiger partial charge in [-0.1, -0.05) is 6.58 Å². The Balaban J connectivity index is 8.43. The Morgan fingerprint density at radius 2 is 0.500 bits per heavy atom. The molecule has 0 N–H and O–H groups in total. The second-order valence-corrected chi connectivity index (χ2v) is 10.8. The summed E-state index contributed by atoms with van der Waals surface area (Å²) < 4.78 is 479. The summed E-state index contributed by atoms with van der Waals surface area (Å²) in [4.78, 5) is 11.4. The molecule has 0 bridgehead atoms. The summed E-state index contributed by atoms with van der Waals surface area (Å²) in [7, 11) is 0. The molecule has 0 aliphatic carbocycles. The van der Waals surface area contributed by atoms with Crippen LogP contribution in [0.3, 0.4) is 0 Å². The van der Waals surface area contributed by atoms with Gasteiger partial charge in [-0.05, 0) is 6.92 Å². The molecule has 0 heterocycles. The molecule has 0 saturated carbocycles. The van der Waals surface area contributed by atoms with Gasteiger partial charge in [0.1, 0.15) is 0 Å². The highest BCUT2D eigenvalue weighted by Gasteiger charge is 3.03. The van der Waals surface area contributed by atoms with Gasteiger partial charge in [0, 0.05) is 5.57 Å². The number of alkyl halides is 35. The molecule has 346 valence electrons. The third-order valence-electron chi connectivity index (χ3n) is 6.90. The SMILES string of the molecule is C=C(C)C(=O)OC(F)(C(F)(F)C(F)(F)C(F)(F)C(F)(F)C(F)(F)C(F)(F)C(F)(F)C(F)(F)C(F)(F)C(F)(F)C(F)(F)F)C(F)(F)C(F)(F)C(F)(C(F)(F)F)C(F)(F)F. The van der Waals surface area contributed by atoms with Crippen LogP contribution in [0.1, 0.15) is 6.92 Å². The summed E-state index contributed by atoms with van der Waals surface area (Å²) in [6.07, 6.45) is -26.3. The molecule has 1 atom stereocenters. The molecule has 0 aliphatic rings. The molecular formula is C21H5F35O2. The quantitative estimate of drug-likeness (QED) is 0.0929. The molecule has 0 aromatic carbocycles. The minimum absolute atomic E-state index is 0.421. The van der Waals surface area contributed by atoms with Crippen LogP contribution in [0.25, 0.3) is 0 Å². The van der Waals surface area contributed by atoms with E-state index in [9.17, 15) is 154 Å². The Hall–Kier alpha value is -3.24. The summed E-state index contributed by atoms with van der Waals surface area (Å²) in [5.74, 6) is -134. The average molecular weight is 954 g/mol. The molecule has 0 amide bonds. The number of carbonyl (C=O) groups excluding carboxylic acids is 1. The molecule has 2 nitrogen and oxygen atoms in total.